The maximum absolute atomic E-state index is 9.20. The van der Waals surface area contributed by atoms with Gasteiger partial charge in [-0.15, -0.1) is 0 Å². The molecule has 1 N–H and O–H groups in total. The number of nitrogens with zero attached hydrogens (tertiary/aromatic N) is 2. The first-order valence-corrected chi connectivity index (χ1v) is 6.90. The Morgan fingerprint density at radius 3 is 2.95 bits per heavy atom. The Morgan fingerprint density at radius 2 is 2.16 bits per heavy atom. The van der Waals surface area contributed by atoms with E-state index in [4.69, 9.17) is 0 Å². The van der Waals surface area contributed by atoms with Crippen LogP contribution in [0.25, 0.3) is 10.9 Å². The largest absolute Gasteiger partial charge is 0.383 e. The number of pyridine rings is 1. The van der Waals surface area contributed by atoms with Gasteiger partial charge in [0.05, 0.1) is 16.8 Å². The van der Waals surface area contributed by atoms with E-state index in [1.807, 2.05) is 24.3 Å². The second-order valence-electron chi connectivity index (χ2n) is 5.19. The van der Waals surface area contributed by atoms with Crippen molar-refractivity contribution in [3.63, 3.8) is 0 Å². The van der Waals surface area contributed by atoms with Crippen LogP contribution < -0.4 is 5.32 Å². The number of para-hydroxylation sites is 1. The summed E-state index contributed by atoms with van der Waals surface area (Å²) in [5.74, 6) is 0.964. The molecule has 1 aliphatic carbocycles. The highest BCUT2D eigenvalue weighted by atomic mass is 14.9. The van der Waals surface area contributed by atoms with Crippen molar-refractivity contribution in [2.24, 2.45) is 5.92 Å². The van der Waals surface area contributed by atoms with Crippen molar-refractivity contribution in [2.45, 2.75) is 25.7 Å². The van der Waals surface area contributed by atoms with Gasteiger partial charge in [0.1, 0.15) is 6.07 Å². The van der Waals surface area contributed by atoms with Crippen molar-refractivity contribution in [1.82, 2.24) is 4.98 Å². The Balaban J connectivity index is 1.80. The summed E-state index contributed by atoms with van der Waals surface area (Å²) >= 11 is 0. The van der Waals surface area contributed by atoms with E-state index in [0.717, 1.165) is 29.1 Å². The van der Waals surface area contributed by atoms with Gasteiger partial charge in [0, 0.05) is 18.1 Å². The average molecular weight is 251 g/mol. The molecule has 1 aliphatic rings. The Kier molecular flexibility index (Phi) is 3.33. The van der Waals surface area contributed by atoms with E-state index < -0.39 is 0 Å². The van der Waals surface area contributed by atoms with E-state index in [9.17, 15) is 5.26 Å². The molecule has 0 spiro atoms. The van der Waals surface area contributed by atoms with Crippen LogP contribution in [-0.2, 0) is 0 Å². The maximum atomic E-state index is 9.20. The molecule has 0 amide bonds. The van der Waals surface area contributed by atoms with Gasteiger partial charge in [-0.1, -0.05) is 31.0 Å². The minimum absolute atomic E-state index is 0.630. The molecule has 1 fully saturated rings. The van der Waals surface area contributed by atoms with Gasteiger partial charge in [-0.3, -0.25) is 4.98 Å². The lowest BCUT2D eigenvalue weighted by Gasteiger charge is -2.11. The second-order valence-corrected chi connectivity index (χ2v) is 5.19. The Labute approximate surface area is 113 Å². The molecule has 0 radical (unpaired) electrons. The monoisotopic (exact) mass is 251 g/mol. The van der Waals surface area contributed by atoms with Gasteiger partial charge in [0.25, 0.3) is 0 Å². The summed E-state index contributed by atoms with van der Waals surface area (Å²) in [5, 5.41) is 13.7. The maximum Gasteiger partial charge on any atom is 0.103 e. The number of hydrogen-bond donors (Lipinski definition) is 1. The predicted octanol–water partition coefficient (Wildman–Crippen LogP) is 3.71. The van der Waals surface area contributed by atoms with Crippen LogP contribution in [0.4, 0.5) is 5.69 Å². The van der Waals surface area contributed by atoms with Crippen LogP contribution in [0.15, 0.2) is 30.5 Å². The van der Waals surface area contributed by atoms with E-state index >= 15 is 0 Å². The zero-order chi connectivity index (χ0) is 13.1. The molecule has 0 saturated heterocycles. The first-order chi connectivity index (χ1) is 9.38. The third-order valence-corrected chi connectivity index (χ3v) is 3.68. The van der Waals surface area contributed by atoms with E-state index in [0.29, 0.717) is 5.56 Å². The molecule has 96 valence electrons. The SMILES string of the molecule is N#Cc1cnc2ccccc2c1NCCCC1CC1. The van der Waals surface area contributed by atoms with Gasteiger partial charge in [-0.05, 0) is 24.8 Å². The topological polar surface area (TPSA) is 48.7 Å². The lowest BCUT2D eigenvalue weighted by molar-refractivity contribution is 0.687. The average Bonchev–Trinajstić information content (AvgIpc) is 3.27. The fraction of sp³-hybridized carbons (Fsp3) is 0.375. The zero-order valence-corrected chi connectivity index (χ0v) is 10.9. The number of rotatable bonds is 5. The first kappa shape index (κ1) is 12.0. The summed E-state index contributed by atoms with van der Waals surface area (Å²) in [4.78, 5) is 4.32. The summed E-state index contributed by atoms with van der Waals surface area (Å²) in [6.07, 6.45) is 6.94. The molecule has 3 heteroatoms. The Morgan fingerprint density at radius 1 is 1.32 bits per heavy atom. The molecule has 0 unspecified atom stereocenters. The number of anilines is 1. The van der Waals surface area contributed by atoms with Crippen molar-refractivity contribution in [3.05, 3.63) is 36.0 Å². The second kappa shape index (κ2) is 5.27. The lowest BCUT2D eigenvalue weighted by Crippen LogP contribution is -2.04. The third kappa shape index (κ3) is 2.68. The molecule has 1 aromatic heterocycles. The molecule has 2 aromatic rings. The first-order valence-electron chi connectivity index (χ1n) is 6.90. The smallest absolute Gasteiger partial charge is 0.103 e. The summed E-state index contributed by atoms with van der Waals surface area (Å²) in [6.45, 7) is 0.930. The highest BCUT2D eigenvalue weighted by molar-refractivity contribution is 5.93. The number of nitrogens with one attached hydrogen (secondary N) is 1. The van der Waals surface area contributed by atoms with Gasteiger partial charge >= 0.3 is 0 Å². The summed E-state index contributed by atoms with van der Waals surface area (Å²) in [7, 11) is 0. The van der Waals surface area contributed by atoms with Crippen LogP contribution in [0.2, 0.25) is 0 Å². The molecular weight excluding hydrogens is 234 g/mol. The number of nitriles is 1. The molecule has 1 heterocycles. The van der Waals surface area contributed by atoms with E-state index in [1.165, 1.54) is 25.7 Å². The molecule has 1 saturated carbocycles. The van der Waals surface area contributed by atoms with E-state index in [2.05, 4.69) is 16.4 Å². The molecule has 3 rings (SSSR count). The van der Waals surface area contributed by atoms with Crippen LogP contribution in [0.5, 0.6) is 0 Å². The van der Waals surface area contributed by atoms with Crippen molar-refractivity contribution < 1.29 is 0 Å². The van der Waals surface area contributed by atoms with E-state index in [1.54, 1.807) is 6.20 Å². The minimum Gasteiger partial charge on any atom is -0.383 e. The minimum atomic E-state index is 0.630. The van der Waals surface area contributed by atoms with Crippen LogP contribution in [0, 0.1) is 17.2 Å². The number of benzene rings is 1. The summed E-state index contributed by atoms with van der Waals surface area (Å²) in [5.41, 5.74) is 2.50. The van der Waals surface area contributed by atoms with Crippen molar-refractivity contribution in [3.8, 4) is 6.07 Å². The lowest BCUT2D eigenvalue weighted by atomic mass is 10.1. The highest BCUT2D eigenvalue weighted by Crippen LogP contribution is 2.33. The quantitative estimate of drug-likeness (QED) is 0.824. The third-order valence-electron chi connectivity index (χ3n) is 3.68. The summed E-state index contributed by atoms with van der Waals surface area (Å²) in [6, 6.07) is 10.2. The highest BCUT2D eigenvalue weighted by Gasteiger charge is 2.20. The van der Waals surface area contributed by atoms with Crippen molar-refractivity contribution in [1.29, 1.82) is 5.26 Å². The summed E-state index contributed by atoms with van der Waals surface area (Å²) < 4.78 is 0. The molecular formula is C16H17N3. The van der Waals surface area contributed by atoms with Crippen molar-refractivity contribution in [2.75, 3.05) is 11.9 Å². The molecule has 0 aliphatic heterocycles. The normalized spacial score (nSPS) is 14.3. The van der Waals surface area contributed by atoms with Crippen molar-refractivity contribution >= 4 is 16.6 Å². The zero-order valence-electron chi connectivity index (χ0n) is 10.9. The fourth-order valence-corrected chi connectivity index (χ4v) is 2.43. The van der Waals surface area contributed by atoms with E-state index in [-0.39, 0.29) is 0 Å². The van der Waals surface area contributed by atoms with Gasteiger partial charge in [-0.25, -0.2) is 0 Å². The number of aromatic nitrogens is 1. The Hall–Kier alpha value is -2.08. The molecule has 1 aromatic carbocycles. The van der Waals surface area contributed by atoms with Gasteiger partial charge in [0.2, 0.25) is 0 Å². The van der Waals surface area contributed by atoms with Gasteiger partial charge in [0.15, 0.2) is 0 Å². The Bertz CT molecular complexity index is 623. The fourth-order valence-electron chi connectivity index (χ4n) is 2.43. The van der Waals surface area contributed by atoms with Crippen LogP contribution >= 0.6 is 0 Å². The standard InChI is InChI=1S/C16H17N3/c17-10-13-11-19-15-6-2-1-5-14(15)16(13)18-9-3-4-12-7-8-12/h1-2,5-6,11-12H,3-4,7-9H2,(H,18,19). The molecule has 0 atom stereocenters. The van der Waals surface area contributed by atoms with Crippen LogP contribution in [0.1, 0.15) is 31.2 Å². The number of fused-ring (bicyclic) bond motifs is 1. The van der Waals surface area contributed by atoms with Crippen LogP contribution in [-0.4, -0.2) is 11.5 Å². The molecule has 19 heavy (non-hydrogen) atoms. The molecule has 0 bridgehead atoms. The van der Waals surface area contributed by atoms with Gasteiger partial charge < -0.3 is 5.32 Å². The molecule has 3 nitrogen and oxygen atoms in total. The van der Waals surface area contributed by atoms with Crippen LogP contribution in [0.3, 0.4) is 0 Å². The number of hydrogen-bond acceptors (Lipinski definition) is 3. The predicted molar refractivity (Wildman–Crippen MR) is 76.9 cm³/mol. The van der Waals surface area contributed by atoms with Gasteiger partial charge in [-0.2, -0.15) is 5.26 Å².